The fourth-order valence-corrected chi connectivity index (χ4v) is 2.42. The highest BCUT2D eigenvalue weighted by Crippen LogP contribution is 2.23. The minimum Gasteiger partial charge on any atom is -0.478 e. The fraction of sp³-hybridized carbons (Fsp3) is 0.182. The normalized spacial score (nSPS) is 10.8. The van der Waals surface area contributed by atoms with E-state index in [0.717, 1.165) is 16.5 Å². The Morgan fingerprint density at radius 2 is 2.35 bits per heavy atom. The maximum absolute atomic E-state index is 11.9. The van der Waals surface area contributed by atoms with Gasteiger partial charge in [-0.2, -0.15) is 5.21 Å². The summed E-state index contributed by atoms with van der Waals surface area (Å²) in [5.41, 5.74) is 0.845. The minimum absolute atomic E-state index is 0.173. The van der Waals surface area contributed by atoms with Gasteiger partial charge in [-0.15, -0.1) is 21.5 Å². The second-order valence-electron chi connectivity index (χ2n) is 3.84. The van der Waals surface area contributed by atoms with E-state index in [1.54, 1.807) is 6.07 Å². The molecule has 3 N–H and O–H groups in total. The lowest BCUT2D eigenvalue weighted by Crippen LogP contribution is -2.22. The van der Waals surface area contributed by atoms with Crippen molar-refractivity contribution >= 4 is 29.3 Å². The number of amides is 1. The third-order valence-electron chi connectivity index (χ3n) is 2.35. The van der Waals surface area contributed by atoms with Gasteiger partial charge in [-0.3, -0.25) is 4.79 Å². The van der Waals surface area contributed by atoms with Gasteiger partial charge in [0.1, 0.15) is 0 Å². The number of thiophene rings is 1. The number of hydrogen-bond acceptors (Lipinski definition) is 6. The highest BCUT2D eigenvalue weighted by Gasteiger charge is 2.12. The molecule has 2 aromatic rings. The second kappa shape index (κ2) is 6.06. The molecule has 1 amide bonds. The highest BCUT2D eigenvalue weighted by atomic mass is 32.1. The molecule has 0 saturated heterocycles. The Morgan fingerprint density at radius 3 is 3.00 bits per heavy atom. The Balaban J connectivity index is 2.03. The first-order valence-corrected chi connectivity index (χ1v) is 6.40. The molecule has 0 radical (unpaired) electrons. The van der Waals surface area contributed by atoms with E-state index >= 15 is 0 Å². The van der Waals surface area contributed by atoms with E-state index < -0.39 is 5.97 Å². The van der Waals surface area contributed by atoms with Crippen LogP contribution in [0.3, 0.4) is 0 Å². The van der Waals surface area contributed by atoms with Crippen LogP contribution in [0, 0.1) is 6.92 Å². The third kappa shape index (κ3) is 3.48. The first-order valence-electron chi connectivity index (χ1n) is 5.58. The Hall–Kier alpha value is -2.55. The summed E-state index contributed by atoms with van der Waals surface area (Å²) in [7, 11) is 0. The molecule has 8 nitrogen and oxygen atoms in total. The number of carboxylic acids is 1. The molecular weight excluding hydrogens is 282 g/mol. The van der Waals surface area contributed by atoms with E-state index in [2.05, 4.69) is 25.9 Å². The van der Waals surface area contributed by atoms with Gasteiger partial charge in [-0.05, 0) is 24.6 Å². The number of aryl methyl sites for hydroxylation is 1. The van der Waals surface area contributed by atoms with Crippen LogP contribution in [0.1, 0.15) is 25.9 Å². The summed E-state index contributed by atoms with van der Waals surface area (Å²) in [5.74, 6) is -0.906. The Kier molecular flexibility index (Phi) is 4.20. The maximum atomic E-state index is 11.9. The molecule has 9 heteroatoms. The minimum atomic E-state index is -1.03. The average Bonchev–Trinajstić information content (AvgIpc) is 3.03. The molecule has 0 fully saturated rings. The molecule has 2 aromatic heterocycles. The van der Waals surface area contributed by atoms with E-state index in [1.807, 2.05) is 6.92 Å². The van der Waals surface area contributed by atoms with Crippen LogP contribution < -0.4 is 5.32 Å². The van der Waals surface area contributed by atoms with Crippen molar-refractivity contribution in [3.05, 3.63) is 33.3 Å². The summed E-state index contributed by atoms with van der Waals surface area (Å²) in [6.45, 7) is 1.99. The van der Waals surface area contributed by atoms with E-state index in [4.69, 9.17) is 5.11 Å². The molecule has 0 spiro atoms. The molecule has 0 aliphatic heterocycles. The topological polar surface area (TPSA) is 121 Å². The van der Waals surface area contributed by atoms with Crippen molar-refractivity contribution in [3.8, 4) is 0 Å². The van der Waals surface area contributed by atoms with Crippen molar-refractivity contribution in [3.63, 3.8) is 0 Å². The number of aromatic nitrogens is 4. The lowest BCUT2D eigenvalue weighted by atomic mass is 10.2. The number of aromatic amines is 1. The predicted octanol–water partition coefficient (Wildman–Crippen LogP) is 0.597. The summed E-state index contributed by atoms with van der Waals surface area (Å²) in [6.07, 6.45) is 2.51. The Labute approximate surface area is 117 Å². The van der Waals surface area contributed by atoms with E-state index in [1.165, 1.54) is 17.4 Å². The van der Waals surface area contributed by atoms with Gasteiger partial charge < -0.3 is 10.4 Å². The summed E-state index contributed by atoms with van der Waals surface area (Å²) < 4.78 is 0. The van der Waals surface area contributed by atoms with Crippen LogP contribution in [-0.4, -0.2) is 37.6 Å². The molecule has 0 aromatic carbocycles. The molecule has 0 saturated carbocycles. The third-order valence-corrected chi connectivity index (χ3v) is 3.55. The predicted molar refractivity (Wildman–Crippen MR) is 71.1 cm³/mol. The van der Waals surface area contributed by atoms with Gasteiger partial charge in [0.15, 0.2) is 5.82 Å². The molecule has 0 unspecified atom stereocenters. The first-order chi connectivity index (χ1) is 9.56. The van der Waals surface area contributed by atoms with Gasteiger partial charge in [0.05, 0.1) is 11.4 Å². The monoisotopic (exact) mass is 293 g/mol. The summed E-state index contributed by atoms with van der Waals surface area (Å²) >= 11 is 1.22. The maximum Gasteiger partial charge on any atom is 0.328 e. The van der Waals surface area contributed by atoms with Gasteiger partial charge in [0.25, 0.3) is 5.91 Å². The molecule has 0 aliphatic rings. The molecule has 0 atom stereocenters. The van der Waals surface area contributed by atoms with Crippen molar-refractivity contribution in [2.24, 2.45) is 0 Å². The molecule has 0 aliphatic carbocycles. The van der Waals surface area contributed by atoms with Crippen LogP contribution in [0.25, 0.3) is 6.08 Å². The van der Waals surface area contributed by atoms with E-state index in [-0.39, 0.29) is 12.5 Å². The van der Waals surface area contributed by atoms with Gasteiger partial charge in [-0.1, -0.05) is 5.21 Å². The number of aliphatic carboxylic acids is 1. The summed E-state index contributed by atoms with van der Waals surface area (Å²) in [6, 6.07) is 1.71. The lowest BCUT2D eigenvalue weighted by molar-refractivity contribution is -0.131. The number of tetrazole rings is 1. The quantitative estimate of drug-likeness (QED) is 0.694. The van der Waals surface area contributed by atoms with Crippen molar-refractivity contribution in [2.75, 3.05) is 0 Å². The first kappa shape index (κ1) is 13.9. The Bertz CT molecular complexity index is 647. The number of hydrogen-bond donors (Lipinski definition) is 3. The van der Waals surface area contributed by atoms with Crippen molar-refractivity contribution < 1.29 is 14.7 Å². The van der Waals surface area contributed by atoms with Gasteiger partial charge in [-0.25, -0.2) is 4.79 Å². The zero-order valence-electron chi connectivity index (χ0n) is 10.5. The SMILES string of the molecule is Cc1cc(C(=O)NCc2nn[nH]n2)sc1/C=C/C(=O)O. The van der Waals surface area contributed by atoms with Crippen LogP contribution in [0.4, 0.5) is 0 Å². The van der Waals surface area contributed by atoms with Crippen LogP contribution in [0.5, 0.6) is 0 Å². The molecule has 2 rings (SSSR count). The zero-order chi connectivity index (χ0) is 14.5. The fourth-order valence-electron chi connectivity index (χ4n) is 1.42. The number of carbonyl (C=O) groups is 2. The average molecular weight is 293 g/mol. The zero-order valence-corrected chi connectivity index (χ0v) is 11.3. The largest absolute Gasteiger partial charge is 0.478 e. The standard InChI is InChI=1S/C11H11N5O3S/c1-6-4-8(20-7(6)2-3-10(17)18)11(19)12-5-9-13-15-16-14-9/h2-4H,5H2,1H3,(H,12,19)(H,17,18)(H,13,14,15,16)/b3-2+. The number of nitrogens with one attached hydrogen (secondary N) is 2. The highest BCUT2D eigenvalue weighted by molar-refractivity contribution is 7.15. The van der Waals surface area contributed by atoms with Crippen molar-refractivity contribution in [2.45, 2.75) is 13.5 Å². The molecule has 104 valence electrons. The smallest absolute Gasteiger partial charge is 0.328 e. The summed E-state index contributed by atoms with van der Waals surface area (Å²) in [4.78, 5) is 23.6. The number of nitrogens with zero attached hydrogens (tertiary/aromatic N) is 3. The van der Waals surface area contributed by atoms with Crippen LogP contribution in [-0.2, 0) is 11.3 Å². The van der Waals surface area contributed by atoms with Crippen LogP contribution in [0.2, 0.25) is 0 Å². The second-order valence-corrected chi connectivity index (χ2v) is 4.92. The lowest BCUT2D eigenvalue weighted by Gasteiger charge is -1.98. The molecule has 0 bridgehead atoms. The number of carbonyl (C=O) groups excluding carboxylic acids is 1. The van der Waals surface area contributed by atoms with Gasteiger partial charge in [0.2, 0.25) is 0 Å². The summed E-state index contributed by atoms with van der Waals surface area (Å²) in [5, 5.41) is 24.3. The molecular formula is C11H11N5O3S. The van der Waals surface area contributed by atoms with Crippen molar-refractivity contribution in [1.29, 1.82) is 0 Å². The molecule has 2 heterocycles. The van der Waals surface area contributed by atoms with E-state index in [0.29, 0.717) is 10.7 Å². The number of H-pyrrole nitrogens is 1. The van der Waals surface area contributed by atoms with E-state index in [9.17, 15) is 9.59 Å². The Morgan fingerprint density at radius 1 is 1.55 bits per heavy atom. The molecule has 20 heavy (non-hydrogen) atoms. The van der Waals surface area contributed by atoms with Crippen molar-refractivity contribution in [1.82, 2.24) is 25.9 Å². The van der Waals surface area contributed by atoms with Crippen LogP contribution >= 0.6 is 11.3 Å². The van der Waals surface area contributed by atoms with Crippen LogP contribution in [0.15, 0.2) is 12.1 Å². The number of carboxylic acid groups (broad SMARTS) is 1. The van der Waals surface area contributed by atoms with Gasteiger partial charge >= 0.3 is 5.97 Å². The number of rotatable bonds is 5. The van der Waals surface area contributed by atoms with Gasteiger partial charge in [0, 0.05) is 11.0 Å².